The van der Waals surface area contributed by atoms with Crippen molar-refractivity contribution in [3.8, 4) is 0 Å². The van der Waals surface area contributed by atoms with Gasteiger partial charge in [0.25, 0.3) is 0 Å². The molecule has 0 heterocycles. The van der Waals surface area contributed by atoms with Gasteiger partial charge < -0.3 is 5.73 Å². The fourth-order valence-corrected chi connectivity index (χ4v) is 2.60. The summed E-state index contributed by atoms with van der Waals surface area (Å²) in [6.07, 6.45) is 3.75. The van der Waals surface area contributed by atoms with Crippen LogP contribution in [-0.2, 0) is 11.8 Å². The van der Waals surface area contributed by atoms with Crippen molar-refractivity contribution in [1.29, 1.82) is 0 Å². The molecule has 2 rings (SSSR count). The summed E-state index contributed by atoms with van der Waals surface area (Å²) in [5.74, 6) is 0. The van der Waals surface area contributed by atoms with Crippen molar-refractivity contribution in [3.05, 3.63) is 34.9 Å². The van der Waals surface area contributed by atoms with Gasteiger partial charge in [0, 0.05) is 12.0 Å². The largest absolute Gasteiger partial charge is 0.330 e. The third-order valence-electron chi connectivity index (χ3n) is 3.67. The molecule has 0 aromatic heterocycles. The van der Waals surface area contributed by atoms with Crippen LogP contribution < -0.4 is 5.73 Å². The summed E-state index contributed by atoms with van der Waals surface area (Å²) in [5, 5.41) is 0. The maximum Gasteiger partial charge on any atom is 0.00502 e. The summed E-state index contributed by atoms with van der Waals surface area (Å²) < 4.78 is 0. The topological polar surface area (TPSA) is 26.0 Å². The van der Waals surface area contributed by atoms with Gasteiger partial charge in [-0.1, -0.05) is 25.1 Å². The maximum atomic E-state index is 5.90. The van der Waals surface area contributed by atoms with Gasteiger partial charge in [-0.25, -0.2) is 0 Å². The van der Waals surface area contributed by atoms with Crippen LogP contribution in [0.3, 0.4) is 0 Å². The zero-order chi connectivity index (χ0) is 10.2. The van der Waals surface area contributed by atoms with E-state index in [0.29, 0.717) is 0 Å². The van der Waals surface area contributed by atoms with Crippen molar-refractivity contribution in [2.24, 2.45) is 5.73 Å². The molecule has 0 fully saturated rings. The lowest BCUT2D eigenvalue weighted by Crippen LogP contribution is -2.35. The van der Waals surface area contributed by atoms with Crippen molar-refractivity contribution < 1.29 is 0 Å². The van der Waals surface area contributed by atoms with E-state index in [-0.39, 0.29) is 5.41 Å². The van der Waals surface area contributed by atoms with Crippen molar-refractivity contribution >= 4 is 0 Å². The summed E-state index contributed by atoms with van der Waals surface area (Å²) in [7, 11) is 0. The van der Waals surface area contributed by atoms with Gasteiger partial charge in [0.15, 0.2) is 0 Å². The highest BCUT2D eigenvalue weighted by Gasteiger charge is 2.30. The third kappa shape index (κ3) is 1.36. The molecule has 1 aliphatic rings. The van der Waals surface area contributed by atoms with Gasteiger partial charge in [0.05, 0.1) is 0 Å². The molecule has 1 heteroatoms. The van der Waals surface area contributed by atoms with Gasteiger partial charge in [-0.05, 0) is 42.9 Å². The minimum atomic E-state index is 0.222. The Kier molecular flexibility index (Phi) is 2.36. The predicted molar refractivity (Wildman–Crippen MR) is 60.5 cm³/mol. The van der Waals surface area contributed by atoms with E-state index >= 15 is 0 Å². The van der Waals surface area contributed by atoms with E-state index in [9.17, 15) is 0 Å². The first-order chi connectivity index (χ1) is 6.67. The van der Waals surface area contributed by atoms with Crippen LogP contribution in [0.5, 0.6) is 0 Å². The number of aryl methyl sites for hydroxylation is 1. The summed E-state index contributed by atoms with van der Waals surface area (Å²) in [6.45, 7) is 5.27. The van der Waals surface area contributed by atoms with Gasteiger partial charge in [0.2, 0.25) is 0 Å². The molecule has 0 saturated carbocycles. The Hall–Kier alpha value is -0.820. The van der Waals surface area contributed by atoms with Gasteiger partial charge in [-0.2, -0.15) is 0 Å². The van der Waals surface area contributed by atoms with Crippen LogP contribution in [0, 0.1) is 6.92 Å². The zero-order valence-corrected chi connectivity index (χ0v) is 9.14. The number of hydrogen-bond acceptors (Lipinski definition) is 1. The molecule has 1 aromatic carbocycles. The fourth-order valence-electron chi connectivity index (χ4n) is 2.60. The molecule has 1 aromatic rings. The summed E-state index contributed by atoms with van der Waals surface area (Å²) in [5.41, 5.74) is 10.6. The predicted octanol–water partition coefficient (Wildman–Crippen LogP) is 2.55. The molecule has 2 N–H and O–H groups in total. The summed E-state index contributed by atoms with van der Waals surface area (Å²) in [6, 6.07) is 6.63. The van der Waals surface area contributed by atoms with Crippen molar-refractivity contribution in [2.75, 3.05) is 6.54 Å². The Labute approximate surface area is 86.3 Å². The van der Waals surface area contributed by atoms with Crippen molar-refractivity contribution in [2.45, 2.75) is 38.5 Å². The standard InChI is InChI=1S/C13H19N/c1-10-5-3-7-12-11(10)6-4-8-13(12,2)9-14/h3,5,7H,4,6,8-9,14H2,1-2H3. The first-order valence-electron chi connectivity index (χ1n) is 5.46. The van der Waals surface area contributed by atoms with E-state index in [1.165, 1.54) is 30.4 Å². The number of benzene rings is 1. The average molecular weight is 189 g/mol. The van der Waals surface area contributed by atoms with Gasteiger partial charge in [-0.3, -0.25) is 0 Å². The minimum absolute atomic E-state index is 0.222. The molecule has 1 atom stereocenters. The molecular formula is C13H19N. The second-order valence-corrected chi connectivity index (χ2v) is 4.72. The van der Waals surface area contributed by atoms with Crippen LogP contribution in [-0.4, -0.2) is 6.54 Å². The van der Waals surface area contributed by atoms with Crippen LogP contribution >= 0.6 is 0 Å². The smallest absolute Gasteiger partial charge is 0.00502 e. The molecule has 1 aliphatic carbocycles. The first-order valence-corrected chi connectivity index (χ1v) is 5.46. The molecule has 0 radical (unpaired) electrons. The highest BCUT2D eigenvalue weighted by atomic mass is 14.6. The minimum Gasteiger partial charge on any atom is -0.330 e. The molecule has 14 heavy (non-hydrogen) atoms. The van der Waals surface area contributed by atoms with E-state index < -0.39 is 0 Å². The highest BCUT2D eigenvalue weighted by molar-refractivity contribution is 5.41. The Balaban J connectivity index is 2.55. The quantitative estimate of drug-likeness (QED) is 0.722. The number of hydrogen-bond donors (Lipinski definition) is 1. The lowest BCUT2D eigenvalue weighted by molar-refractivity contribution is 0.403. The van der Waals surface area contributed by atoms with Crippen LogP contribution in [0.25, 0.3) is 0 Å². The molecule has 0 spiro atoms. The lowest BCUT2D eigenvalue weighted by Gasteiger charge is -2.35. The zero-order valence-electron chi connectivity index (χ0n) is 9.14. The highest BCUT2D eigenvalue weighted by Crippen LogP contribution is 2.37. The van der Waals surface area contributed by atoms with Crippen molar-refractivity contribution in [1.82, 2.24) is 0 Å². The Morgan fingerprint density at radius 1 is 1.43 bits per heavy atom. The number of nitrogens with two attached hydrogens (primary N) is 1. The number of fused-ring (bicyclic) bond motifs is 1. The second-order valence-electron chi connectivity index (χ2n) is 4.72. The summed E-state index contributed by atoms with van der Waals surface area (Å²) >= 11 is 0. The van der Waals surface area contributed by atoms with E-state index in [1.54, 1.807) is 5.56 Å². The molecular weight excluding hydrogens is 170 g/mol. The molecule has 0 amide bonds. The second kappa shape index (κ2) is 3.39. The van der Waals surface area contributed by atoms with Gasteiger partial charge >= 0.3 is 0 Å². The molecule has 0 aliphatic heterocycles. The van der Waals surface area contributed by atoms with Gasteiger partial charge in [0.1, 0.15) is 0 Å². The van der Waals surface area contributed by atoms with Crippen molar-refractivity contribution in [3.63, 3.8) is 0 Å². The van der Waals surface area contributed by atoms with Crippen LogP contribution in [0.2, 0.25) is 0 Å². The van der Waals surface area contributed by atoms with E-state index in [4.69, 9.17) is 5.73 Å². The van der Waals surface area contributed by atoms with Gasteiger partial charge in [-0.15, -0.1) is 0 Å². The monoisotopic (exact) mass is 189 g/mol. The number of rotatable bonds is 1. The molecule has 76 valence electrons. The van der Waals surface area contributed by atoms with E-state index in [1.807, 2.05) is 0 Å². The SMILES string of the molecule is Cc1cccc2c1CCCC2(C)CN. The third-order valence-corrected chi connectivity index (χ3v) is 3.67. The Morgan fingerprint density at radius 3 is 2.93 bits per heavy atom. The summed E-state index contributed by atoms with van der Waals surface area (Å²) in [4.78, 5) is 0. The maximum absolute atomic E-state index is 5.90. The fraction of sp³-hybridized carbons (Fsp3) is 0.538. The van der Waals surface area contributed by atoms with E-state index in [2.05, 4.69) is 32.0 Å². The Morgan fingerprint density at radius 2 is 2.21 bits per heavy atom. The average Bonchev–Trinajstić information content (AvgIpc) is 2.20. The Bertz CT molecular complexity index is 343. The molecule has 0 saturated heterocycles. The lowest BCUT2D eigenvalue weighted by atomic mass is 9.70. The van der Waals surface area contributed by atoms with Crippen LogP contribution in [0.4, 0.5) is 0 Å². The van der Waals surface area contributed by atoms with E-state index in [0.717, 1.165) is 6.54 Å². The molecule has 0 bridgehead atoms. The van der Waals surface area contributed by atoms with Crippen LogP contribution in [0.1, 0.15) is 36.5 Å². The first kappa shape index (κ1) is 9.72. The molecule has 1 unspecified atom stereocenters. The normalized spacial score (nSPS) is 25.9. The van der Waals surface area contributed by atoms with Crippen LogP contribution in [0.15, 0.2) is 18.2 Å². The molecule has 1 nitrogen and oxygen atoms in total.